The Morgan fingerprint density at radius 1 is 0.364 bits per heavy atom. The zero-order valence-electron chi connectivity index (χ0n) is 79.0. The van der Waals surface area contributed by atoms with Crippen LogP contribution in [-0.2, 0) is 172 Å². The van der Waals surface area contributed by atoms with E-state index in [-0.39, 0.29) is 211 Å². The number of carbonyl (C=O) groups excluding carboxylic acids is 18. The third-order valence-corrected chi connectivity index (χ3v) is 26.4. The van der Waals surface area contributed by atoms with Crippen molar-refractivity contribution >= 4 is 107 Å². The zero-order valence-corrected chi connectivity index (χ0v) is 79.0. The van der Waals surface area contributed by atoms with Crippen LogP contribution in [0.1, 0.15) is 305 Å². The zero-order chi connectivity index (χ0) is 96.4. The summed E-state index contributed by atoms with van der Waals surface area (Å²) in [5.41, 5.74) is -5.33. The molecule has 11 rings (SSSR count). The van der Waals surface area contributed by atoms with Crippen molar-refractivity contribution < 1.29 is 172 Å². The summed E-state index contributed by atoms with van der Waals surface area (Å²) in [6.45, 7) is 34.5. The summed E-state index contributed by atoms with van der Waals surface area (Å²) in [4.78, 5) is 212. The van der Waals surface area contributed by atoms with E-state index in [0.717, 1.165) is 6.42 Å². The summed E-state index contributed by atoms with van der Waals surface area (Å²) in [5, 5.41) is 0. The van der Waals surface area contributed by atoms with E-state index in [4.69, 9.17) is 85.3 Å². The highest BCUT2D eigenvalue weighted by Gasteiger charge is 2.59. The first-order valence-electron chi connectivity index (χ1n) is 45.7. The van der Waals surface area contributed by atoms with Crippen molar-refractivity contribution in [2.75, 3.05) is 52.9 Å². The second-order valence-corrected chi connectivity index (χ2v) is 38.5. The monoisotopic (exact) mass is 1830 g/mol. The van der Waals surface area contributed by atoms with Crippen LogP contribution >= 0.6 is 0 Å². The van der Waals surface area contributed by atoms with E-state index in [2.05, 4.69) is 0 Å². The molecule has 6 heterocycles. The average Bonchev–Trinajstić information content (AvgIpc) is 0.885. The summed E-state index contributed by atoms with van der Waals surface area (Å²) >= 11 is 0. The van der Waals surface area contributed by atoms with Gasteiger partial charge in [0.1, 0.15) is 112 Å². The SMILES string of the molecule is CCC(C)(C)C(=O)OCCC(=O)OC1CC2CCC1(C)OC2=O.CCC(C)(C)C(=O)OCCOC(=O)CCC(=O)OC1(C)CCC2CC1OC2=O.CCC(C)(C)C(=O)OCCOC(=O)CCC(=O)OC1CCC2CC1(C)OC2=O.CCC(C)(C)C(=O)OCCOC(=O)CCC(=O)OC1CCC2CC1OC2=O.CCC(C)C(=O)OCCC(=O)OC1C(C)CC2CC1(C)OC2=O. The van der Waals surface area contributed by atoms with Gasteiger partial charge in [0.05, 0.1) is 109 Å². The van der Waals surface area contributed by atoms with E-state index in [1.807, 2.05) is 69.2 Å². The maximum absolute atomic E-state index is 12.1. The number of ether oxygens (including phenoxy) is 18. The number of hydrogen-bond donors (Lipinski definition) is 0. The van der Waals surface area contributed by atoms with E-state index in [1.54, 1.807) is 62.3 Å². The molecule has 0 spiro atoms. The van der Waals surface area contributed by atoms with E-state index in [9.17, 15) is 86.3 Å². The van der Waals surface area contributed by atoms with Crippen LogP contribution < -0.4 is 0 Å². The number of hydrogen-bond acceptors (Lipinski definition) is 36. The van der Waals surface area contributed by atoms with Crippen LogP contribution in [0.4, 0.5) is 0 Å². The molecular weight excluding hydrogens is 1690 g/mol. The van der Waals surface area contributed by atoms with Gasteiger partial charge in [-0.2, -0.15) is 0 Å². The van der Waals surface area contributed by atoms with Gasteiger partial charge in [-0.1, -0.05) is 48.5 Å². The van der Waals surface area contributed by atoms with Crippen molar-refractivity contribution in [2.24, 2.45) is 63.1 Å². The Kier molecular flexibility index (Phi) is 40.3. The average molecular weight is 1830 g/mol. The summed E-state index contributed by atoms with van der Waals surface area (Å²) in [7, 11) is 0. The summed E-state index contributed by atoms with van der Waals surface area (Å²) in [5.74, 6) is -7.45. The fourth-order valence-electron chi connectivity index (χ4n) is 15.8. The Bertz CT molecular complexity index is 3970. The van der Waals surface area contributed by atoms with Gasteiger partial charge in [-0.3, -0.25) is 86.3 Å². The van der Waals surface area contributed by atoms with Crippen molar-refractivity contribution in [1.29, 1.82) is 0 Å². The van der Waals surface area contributed by atoms with Gasteiger partial charge in [0.2, 0.25) is 0 Å². The highest BCUT2D eigenvalue weighted by molar-refractivity contribution is 5.83. The Morgan fingerprint density at radius 2 is 0.752 bits per heavy atom. The molecule has 11 fully saturated rings. The molecule has 5 aliphatic carbocycles. The lowest BCUT2D eigenvalue weighted by Crippen LogP contribution is -2.57. The number of rotatable bonds is 39. The molecule has 0 aromatic rings. The van der Waals surface area contributed by atoms with Gasteiger partial charge < -0.3 is 85.3 Å². The lowest BCUT2D eigenvalue weighted by molar-refractivity contribution is -0.218. The maximum Gasteiger partial charge on any atom is 0.311 e. The van der Waals surface area contributed by atoms with Crippen molar-refractivity contribution in [1.82, 2.24) is 0 Å². The van der Waals surface area contributed by atoms with Crippen LogP contribution in [0.2, 0.25) is 0 Å². The summed E-state index contributed by atoms with van der Waals surface area (Å²) in [6.07, 6.45) is 8.71. The minimum atomic E-state index is -0.843. The van der Waals surface area contributed by atoms with E-state index < -0.39 is 122 Å². The van der Waals surface area contributed by atoms with Crippen LogP contribution in [-0.4, -0.2) is 219 Å². The molecule has 36 nitrogen and oxygen atoms in total. The lowest BCUT2D eigenvalue weighted by Gasteiger charge is -2.47. The molecule has 17 unspecified atom stereocenters. The van der Waals surface area contributed by atoms with Crippen LogP contribution in [0.5, 0.6) is 0 Å². The van der Waals surface area contributed by atoms with Crippen molar-refractivity contribution in [3.8, 4) is 0 Å². The fraction of sp³-hybridized carbons (Fsp3) is 0.806. The van der Waals surface area contributed by atoms with Gasteiger partial charge in [0, 0.05) is 32.1 Å². The molecule has 0 aromatic heterocycles. The van der Waals surface area contributed by atoms with Crippen molar-refractivity contribution in [2.45, 2.75) is 364 Å². The fourth-order valence-corrected chi connectivity index (χ4v) is 15.8. The van der Waals surface area contributed by atoms with E-state index in [1.165, 1.54) is 0 Å². The Hall–Kier alpha value is -9.54. The molecule has 6 aliphatic heterocycles. The molecule has 5 saturated carbocycles. The first-order chi connectivity index (χ1) is 60.3. The molecule has 0 N–H and O–H groups in total. The lowest BCUT2D eigenvalue weighted by atomic mass is 9.74. The minimum absolute atomic E-state index is 0.00769. The largest absolute Gasteiger partial charge is 0.465 e. The topological polar surface area (TPSA) is 473 Å². The van der Waals surface area contributed by atoms with E-state index >= 15 is 0 Å². The molecule has 129 heavy (non-hydrogen) atoms. The molecule has 10 bridgehead atoms. The Morgan fingerprint density at radius 3 is 1.26 bits per heavy atom. The predicted molar refractivity (Wildman–Crippen MR) is 449 cm³/mol. The standard InChI is InChI=1S/2C20H30O8.C19H28O8.2C17H26O6/c1-5-19(2,3)18(24)26-11-10-25-15(21)6-7-16(22)28-20(4)9-8-13-12-14(20)27-17(13)23;1-5-19(2,3)18(24)26-11-10-25-15(21)8-9-16(22)27-14-7-6-13-12-20(14,4)28-17(13)23;1-4-19(2,3)18(23)25-10-9-24-15(20)7-8-16(21)26-13-6-5-12-11-14(13)27-17(12)22;1-5-16(2,3)15(20)21-9-7-13(18)22-12-10-11-6-8-17(12,4)23-14(11)19;1-5-10(2)15(19)21-7-6-13(18)22-14-11(3)8-12-9-17(14,4)23-16(12)20/h2*13-14H,5-12H2,1-4H3;12-14H,4-11H2,1-3H3;11-12H,5-10H2,1-4H3;10-12,14H,5-9H2,1-4H3. The second kappa shape index (κ2) is 48.0. The molecule has 17 atom stereocenters. The van der Waals surface area contributed by atoms with Gasteiger partial charge >= 0.3 is 107 Å². The van der Waals surface area contributed by atoms with Gasteiger partial charge in [0.15, 0.2) is 0 Å². The van der Waals surface area contributed by atoms with E-state index in [0.29, 0.717) is 116 Å². The maximum atomic E-state index is 12.1. The molecule has 0 radical (unpaired) electrons. The third kappa shape index (κ3) is 31.9. The number of carbonyl (C=O) groups is 18. The number of esters is 18. The normalized spacial score (nSPS) is 27.8. The highest BCUT2D eigenvalue weighted by Crippen LogP contribution is 2.49. The molecule has 6 saturated heterocycles. The third-order valence-electron chi connectivity index (χ3n) is 26.4. The van der Waals surface area contributed by atoms with Crippen molar-refractivity contribution in [3.63, 3.8) is 0 Å². The van der Waals surface area contributed by atoms with Crippen LogP contribution in [0.25, 0.3) is 0 Å². The quantitative estimate of drug-likeness (QED) is 0.0313. The molecule has 11 aliphatic rings. The Labute approximate surface area is 755 Å². The predicted octanol–water partition coefficient (Wildman–Crippen LogP) is 11.2. The molecule has 0 aromatic carbocycles. The smallest absolute Gasteiger partial charge is 0.311 e. The Balaban J connectivity index is 0.000000249. The van der Waals surface area contributed by atoms with Crippen LogP contribution in [0.15, 0.2) is 0 Å². The van der Waals surface area contributed by atoms with Gasteiger partial charge in [-0.15, -0.1) is 0 Å². The first-order valence-corrected chi connectivity index (χ1v) is 45.7. The second-order valence-electron chi connectivity index (χ2n) is 38.5. The summed E-state index contributed by atoms with van der Waals surface area (Å²) in [6, 6.07) is 0. The van der Waals surface area contributed by atoms with Crippen molar-refractivity contribution in [3.05, 3.63) is 0 Å². The first kappa shape index (κ1) is 108. The molecule has 36 heteroatoms. The van der Waals surface area contributed by atoms with Gasteiger partial charge in [-0.05, 0) is 179 Å². The highest BCUT2D eigenvalue weighted by atomic mass is 16.6. The van der Waals surface area contributed by atoms with Crippen LogP contribution in [0.3, 0.4) is 0 Å². The van der Waals surface area contributed by atoms with Gasteiger partial charge in [0.25, 0.3) is 0 Å². The molecule has 0 amide bonds. The van der Waals surface area contributed by atoms with Gasteiger partial charge in [-0.25, -0.2) is 0 Å². The summed E-state index contributed by atoms with van der Waals surface area (Å²) < 4.78 is 94.3. The molecular formula is C93H140O36. The van der Waals surface area contributed by atoms with Crippen LogP contribution in [0, 0.1) is 63.1 Å². The minimum Gasteiger partial charge on any atom is -0.465 e. The number of fused-ring (bicyclic) bond motifs is 11. The molecule has 728 valence electrons.